The quantitative estimate of drug-likeness (QED) is 0.307. The Labute approximate surface area is 181 Å². The van der Waals surface area contributed by atoms with Crippen LogP contribution in [-0.4, -0.2) is 15.0 Å². The molecule has 1 aliphatic heterocycles. The second kappa shape index (κ2) is 6.91. The number of para-hydroxylation sites is 2. The molecule has 0 aliphatic carbocycles. The van der Waals surface area contributed by atoms with Crippen LogP contribution in [0.2, 0.25) is 0 Å². The van der Waals surface area contributed by atoms with Gasteiger partial charge >= 0.3 is 182 Å². The number of rotatable bonds is 2. The first kappa shape index (κ1) is 17.6. The second-order valence-electron chi connectivity index (χ2n) is 7.52. The van der Waals surface area contributed by atoms with Gasteiger partial charge in [-0.05, 0) is 0 Å². The second-order valence-corrected chi connectivity index (χ2v) is 9.73. The van der Waals surface area contributed by atoms with Gasteiger partial charge in [0.1, 0.15) is 0 Å². The molecule has 5 aromatic rings. The molecule has 0 atom stereocenters. The summed E-state index contributed by atoms with van der Waals surface area (Å²) in [5, 5.41) is 1.24. The molecule has 1 aliphatic rings. The van der Waals surface area contributed by atoms with Crippen LogP contribution in [-0.2, 0) is 0 Å². The number of fused-ring (bicyclic) bond motifs is 4. The van der Waals surface area contributed by atoms with Crippen molar-refractivity contribution in [3.63, 3.8) is 0 Å². The van der Waals surface area contributed by atoms with Gasteiger partial charge in [-0.2, -0.15) is 0 Å². The van der Waals surface area contributed by atoms with E-state index in [1.165, 1.54) is 36.7 Å². The van der Waals surface area contributed by atoms with Gasteiger partial charge in [0.15, 0.2) is 0 Å². The van der Waals surface area contributed by atoms with E-state index < -0.39 is 0 Å². The number of benzene rings is 4. The zero-order valence-corrected chi connectivity index (χ0v) is 18.2. The van der Waals surface area contributed by atoms with Crippen LogP contribution in [0.25, 0.3) is 22.1 Å². The van der Waals surface area contributed by atoms with Crippen molar-refractivity contribution in [2.24, 2.45) is 0 Å². The van der Waals surface area contributed by atoms with E-state index in [0.29, 0.717) is 0 Å². The van der Waals surface area contributed by atoms with Crippen molar-refractivity contribution in [1.29, 1.82) is 0 Å². The predicted octanol–water partition coefficient (Wildman–Crippen LogP) is 5.85. The van der Waals surface area contributed by atoms with Crippen molar-refractivity contribution in [2.45, 2.75) is 6.92 Å². The van der Waals surface area contributed by atoms with Gasteiger partial charge in [-0.1, -0.05) is 0 Å². The van der Waals surface area contributed by atoms with E-state index in [2.05, 4.69) is 109 Å². The molecule has 0 bridgehead atoms. The summed E-state index contributed by atoms with van der Waals surface area (Å²) in [4.78, 5) is 2.31. The van der Waals surface area contributed by atoms with Gasteiger partial charge < -0.3 is 0 Å². The van der Waals surface area contributed by atoms with Crippen molar-refractivity contribution < 1.29 is 4.42 Å². The van der Waals surface area contributed by atoms with Crippen LogP contribution in [0.5, 0.6) is 0 Å². The van der Waals surface area contributed by atoms with Gasteiger partial charge in [-0.15, -0.1) is 0 Å². The fourth-order valence-corrected chi connectivity index (χ4v) is 6.49. The molecule has 0 amide bonds. The van der Waals surface area contributed by atoms with E-state index in [0.717, 1.165) is 17.2 Å². The van der Waals surface area contributed by atoms with Crippen LogP contribution in [0.3, 0.4) is 0 Å². The molecule has 0 unspecified atom stereocenters. The molecule has 0 radical (unpaired) electrons. The molecule has 4 aromatic carbocycles. The molecule has 0 N–H and O–H groups in total. The summed E-state index contributed by atoms with van der Waals surface area (Å²) in [6.07, 6.45) is 0. The minimum absolute atomic E-state index is 0.198. The normalized spacial score (nSPS) is 12.6. The summed E-state index contributed by atoms with van der Waals surface area (Å²) in [7, 11) is 0. The van der Waals surface area contributed by atoms with Crippen molar-refractivity contribution in [2.75, 3.05) is 4.90 Å². The molecule has 0 spiro atoms. The number of furan rings is 1. The van der Waals surface area contributed by atoms with Gasteiger partial charge in [0.2, 0.25) is 0 Å². The molecule has 0 saturated carbocycles. The molecule has 0 saturated heterocycles. The fraction of sp³-hybridized carbons (Fsp3) is 0.0370. The van der Waals surface area contributed by atoms with E-state index >= 15 is 0 Å². The Hall–Kier alpha value is -3.26. The summed E-state index contributed by atoms with van der Waals surface area (Å²) in [5.41, 5.74) is 6.98. The maximum atomic E-state index is 6.50. The van der Waals surface area contributed by atoms with Gasteiger partial charge in [0.25, 0.3) is 0 Å². The molecule has 2 nitrogen and oxygen atoms in total. The Morgan fingerprint density at radius 1 is 0.733 bits per heavy atom. The topological polar surface area (TPSA) is 16.4 Å². The molecule has 0 fully saturated rings. The van der Waals surface area contributed by atoms with Crippen LogP contribution in [0, 0.1) is 6.92 Å². The van der Waals surface area contributed by atoms with E-state index in [-0.39, 0.29) is 15.0 Å². The van der Waals surface area contributed by atoms with Crippen LogP contribution in [0.1, 0.15) is 5.56 Å². The average Bonchev–Trinajstić information content (AvgIpc) is 3.15. The van der Waals surface area contributed by atoms with Gasteiger partial charge in [0, 0.05) is 0 Å². The van der Waals surface area contributed by atoms with Crippen molar-refractivity contribution in [1.82, 2.24) is 0 Å². The number of aryl methyl sites for hydroxylation is 1. The molecule has 6 rings (SSSR count). The zero-order valence-electron chi connectivity index (χ0n) is 16.5. The fourth-order valence-electron chi connectivity index (χ4n) is 4.14. The first-order valence-electron chi connectivity index (χ1n) is 10.0. The molecular formula is C27H19NOSe. The minimum atomic E-state index is 0.198. The average molecular weight is 452 g/mol. The van der Waals surface area contributed by atoms with Crippen LogP contribution >= 0.6 is 0 Å². The Kier molecular flexibility index (Phi) is 4.05. The standard InChI is InChI=1S/C27H19NOSe/c1-18-15-16-24-21(17-18)26-27(29-24)28(23-13-7-8-14-25(23)30-26)22-12-6-5-11-20(22)19-9-3-2-4-10-19/h2-17H,1H3. The summed E-state index contributed by atoms with van der Waals surface area (Å²) in [5.74, 6) is 0.956. The molecule has 3 heteroatoms. The summed E-state index contributed by atoms with van der Waals surface area (Å²) < 4.78 is 9.20. The molecule has 2 heterocycles. The summed E-state index contributed by atoms with van der Waals surface area (Å²) in [6, 6.07) is 34.4. The first-order valence-corrected chi connectivity index (χ1v) is 11.8. The zero-order chi connectivity index (χ0) is 20.1. The third-order valence-corrected chi connectivity index (χ3v) is 7.97. The number of nitrogens with zero attached hydrogens (tertiary/aromatic N) is 1. The van der Waals surface area contributed by atoms with Gasteiger partial charge in [-0.25, -0.2) is 0 Å². The van der Waals surface area contributed by atoms with E-state index in [1.807, 2.05) is 0 Å². The molecular weight excluding hydrogens is 433 g/mol. The van der Waals surface area contributed by atoms with E-state index in [4.69, 9.17) is 4.42 Å². The number of hydrogen-bond donors (Lipinski definition) is 0. The summed E-state index contributed by atoms with van der Waals surface area (Å²) >= 11 is 0.198. The van der Waals surface area contributed by atoms with Crippen molar-refractivity contribution in [3.8, 4) is 11.1 Å². The first-order chi connectivity index (χ1) is 14.8. The number of hydrogen-bond acceptors (Lipinski definition) is 2. The van der Waals surface area contributed by atoms with Crippen LogP contribution < -0.4 is 13.8 Å². The number of anilines is 3. The third kappa shape index (κ3) is 2.71. The van der Waals surface area contributed by atoms with Crippen molar-refractivity contribution in [3.05, 3.63) is 103 Å². The Morgan fingerprint density at radius 2 is 1.47 bits per heavy atom. The Morgan fingerprint density at radius 3 is 2.33 bits per heavy atom. The summed E-state index contributed by atoms with van der Waals surface area (Å²) in [6.45, 7) is 2.14. The van der Waals surface area contributed by atoms with E-state index in [9.17, 15) is 0 Å². The van der Waals surface area contributed by atoms with Crippen LogP contribution in [0.4, 0.5) is 17.3 Å². The maximum absolute atomic E-state index is 6.50. The third-order valence-electron chi connectivity index (χ3n) is 5.53. The van der Waals surface area contributed by atoms with Crippen molar-refractivity contribution >= 4 is 52.1 Å². The Balaban J connectivity index is 1.66. The van der Waals surface area contributed by atoms with E-state index in [1.54, 1.807) is 0 Å². The predicted molar refractivity (Wildman–Crippen MR) is 126 cm³/mol. The monoisotopic (exact) mass is 453 g/mol. The Bertz CT molecular complexity index is 1390. The SMILES string of the molecule is Cc1ccc2oc3c(c2c1)[Se]c1ccccc1N3c1ccccc1-c1ccccc1. The van der Waals surface area contributed by atoms with Gasteiger partial charge in [-0.3, -0.25) is 0 Å². The molecule has 144 valence electrons. The molecule has 30 heavy (non-hydrogen) atoms. The van der Waals surface area contributed by atoms with Gasteiger partial charge in [0.05, 0.1) is 0 Å². The van der Waals surface area contributed by atoms with Crippen LogP contribution in [0.15, 0.2) is 101 Å². The molecule has 1 aromatic heterocycles.